The number of carboxylic acids is 1. The average molecular weight is 560 g/mol. The van der Waals surface area contributed by atoms with E-state index in [1.165, 1.54) is 4.90 Å². The molecule has 4 aliphatic rings. The van der Waals surface area contributed by atoms with Crippen LogP contribution in [0.15, 0.2) is 6.07 Å². The first-order valence-corrected chi connectivity index (χ1v) is 13.9. The Bertz CT molecular complexity index is 1190. The monoisotopic (exact) mass is 559 g/mol. The van der Waals surface area contributed by atoms with Crippen molar-refractivity contribution in [3.05, 3.63) is 22.8 Å². The first-order valence-electron chi connectivity index (χ1n) is 13.9. The van der Waals surface area contributed by atoms with E-state index in [0.29, 0.717) is 25.3 Å². The second kappa shape index (κ2) is 11.1. The van der Waals surface area contributed by atoms with Crippen LogP contribution in [0, 0.1) is 5.41 Å². The molecule has 5 rings (SSSR count). The number of nitrogens with zero attached hydrogens (tertiary/aromatic N) is 2. The smallest absolute Gasteiger partial charge is 0.410 e. The van der Waals surface area contributed by atoms with E-state index in [1.54, 1.807) is 25.7 Å². The molecule has 4 heterocycles. The van der Waals surface area contributed by atoms with Crippen molar-refractivity contribution in [2.45, 2.75) is 90.6 Å². The fourth-order valence-electron chi connectivity index (χ4n) is 5.87. The maximum absolute atomic E-state index is 13.6. The lowest BCUT2D eigenvalue weighted by Gasteiger charge is -2.34. The Hall–Kier alpha value is -3.70. The molecule has 0 saturated carbocycles. The number of fused-ring (bicyclic) bond motifs is 5. The van der Waals surface area contributed by atoms with E-state index >= 15 is 0 Å². The van der Waals surface area contributed by atoms with Crippen molar-refractivity contribution < 1.29 is 43.2 Å². The normalized spacial score (nSPS) is 25.8. The Morgan fingerprint density at radius 2 is 1.80 bits per heavy atom. The highest BCUT2D eigenvalue weighted by molar-refractivity contribution is 5.90. The third-order valence-corrected chi connectivity index (χ3v) is 7.97. The summed E-state index contributed by atoms with van der Waals surface area (Å²) in [5.74, 6) is -0.367. The molecule has 1 saturated heterocycles. The Kier molecular flexibility index (Phi) is 7.70. The largest absolute Gasteiger partial charge is 0.480 e. The number of alkyl carbamates (subject to hydrolysis) is 1. The number of hydrogen-bond donors (Lipinski definition) is 2. The minimum absolute atomic E-state index is 0.0455. The third-order valence-electron chi connectivity index (χ3n) is 7.97. The molecule has 1 unspecified atom stereocenters. The number of amides is 3. The maximum atomic E-state index is 13.6. The molecular formula is C28H37N3O9. The van der Waals surface area contributed by atoms with Crippen LogP contribution in [0.4, 0.5) is 9.59 Å². The summed E-state index contributed by atoms with van der Waals surface area (Å²) >= 11 is 0. The molecule has 4 bridgehead atoms. The molecule has 1 aromatic carbocycles. The number of aliphatic carboxylic acids is 1. The summed E-state index contributed by atoms with van der Waals surface area (Å²) in [5.41, 5.74) is 2.30. The number of hydrogen-bond acceptors (Lipinski definition) is 8. The van der Waals surface area contributed by atoms with Crippen LogP contribution in [-0.2, 0) is 38.6 Å². The van der Waals surface area contributed by atoms with Gasteiger partial charge in [-0.3, -0.25) is 9.69 Å². The van der Waals surface area contributed by atoms with Crippen molar-refractivity contribution in [1.29, 1.82) is 0 Å². The van der Waals surface area contributed by atoms with Gasteiger partial charge in [0.05, 0.1) is 19.7 Å². The Morgan fingerprint density at radius 1 is 1.02 bits per heavy atom. The van der Waals surface area contributed by atoms with Gasteiger partial charge >= 0.3 is 18.2 Å². The van der Waals surface area contributed by atoms with E-state index in [2.05, 4.69) is 5.32 Å². The van der Waals surface area contributed by atoms with Gasteiger partial charge in [0.1, 0.15) is 18.2 Å². The van der Waals surface area contributed by atoms with Crippen LogP contribution in [0.5, 0.6) is 11.5 Å². The van der Waals surface area contributed by atoms with E-state index in [0.717, 1.165) is 48.1 Å². The molecule has 40 heavy (non-hydrogen) atoms. The number of cyclic esters (lactones) is 1. The lowest BCUT2D eigenvalue weighted by atomic mass is 9.85. The fraction of sp³-hybridized carbons (Fsp3) is 0.643. The van der Waals surface area contributed by atoms with E-state index in [4.69, 9.17) is 18.9 Å². The maximum Gasteiger partial charge on any atom is 0.410 e. The average Bonchev–Trinajstić information content (AvgIpc) is 3.62. The summed E-state index contributed by atoms with van der Waals surface area (Å²) in [6.45, 7) is 6.31. The highest BCUT2D eigenvalue weighted by Gasteiger charge is 2.47. The molecule has 12 heteroatoms. The van der Waals surface area contributed by atoms with E-state index in [9.17, 15) is 24.3 Å². The molecule has 2 N–H and O–H groups in total. The molecule has 0 radical (unpaired) electrons. The Balaban J connectivity index is 1.40. The number of ether oxygens (including phenoxy) is 4. The van der Waals surface area contributed by atoms with Crippen molar-refractivity contribution >= 4 is 24.1 Å². The van der Waals surface area contributed by atoms with Crippen molar-refractivity contribution in [3.8, 4) is 11.5 Å². The highest BCUT2D eigenvalue weighted by atomic mass is 16.7. The molecule has 0 aromatic heterocycles. The zero-order valence-corrected chi connectivity index (χ0v) is 23.2. The molecule has 0 spiro atoms. The predicted molar refractivity (Wildman–Crippen MR) is 140 cm³/mol. The van der Waals surface area contributed by atoms with Gasteiger partial charge in [0, 0.05) is 18.5 Å². The molecular weight excluding hydrogens is 522 g/mol. The summed E-state index contributed by atoms with van der Waals surface area (Å²) in [4.78, 5) is 54.3. The molecule has 3 amide bonds. The van der Waals surface area contributed by atoms with E-state index in [1.807, 2.05) is 6.07 Å². The lowest BCUT2D eigenvalue weighted by Crippen LogP contribution is -2.57. The summed E-state index contributed by atoms with van der Waals surface area (Å²) < 4.78 is 22.5. The zero-order valence-electron chi connectivity index (χ0n) is 23.2. The van der Waals surface area contributed by atoms with E-state index < -0.39 is 47.7 Å². The van der Waals surface area contributed by atoms with Crippen LogP contribution in [0.1, 0.15) is 69.6 Å². The Labute approximate surface area is 232 Å². The van der Waals surface area contributed by atoms with Crippen molar-refractivity contribution in [3.63, 3.8) is 0 Å². The van der Waals surface area contributed by atoms with Gasteiger partial charge in [0.15, 0.2) is 11.5 Å². The number of carbonyl (C=O) groups is 4. The van der Waals surface area contributed by atoms with Crippen LogP contribution < -0.4 is 14.8 Å². The second-order valence-electron chi connectivity index (χ2n) is 11.9. The van der Waals surface area contributed by atoms with Gasteiger partial charge < -0.3 is 34.3 Å². The number of carbonyl (C=O) groups excluding carboxylic acids is 3. The van der Waals surface area contributed by atoms with Gasteiger partial charge in [0.25, 0.3) is 0 Å². The van der Waals surface area contributed by atoms with E-state index in [-0.39, 0.29) is 26.4 Å². The SMILES string of the molecule is CC(C)(C)[C@@H]1NC(=O)OCCCCCCc2c3c(cc4c2OCO4)CN(C3)C(=O)O[C@@H]2CC(C(=O)O)N(C2)C1=O. The topological polar surface area (TPSA) is 144 Å². The molecule has 1 fully saturated rings. The highest BCUT2D eigenvalue weighted by Crippen LogP contribution is 2.43. The Morgan fingerprint density at radius 3 is 2.55 bits per heavy atom. The fourth-order valence-corrected chi connectivity index (χ4v) is 5.87. The number of nitrogens with one attached hydrogen (secondary N) is 1. The molecule has 1 aromatic rings. The van der Waals surface area contributed by atoms with Crippen LogP contribution in [-0.4, -0.2) is 77.1 Å². The van der Waals surface area contributed by atoms with Crippen LogP contribution in [0.2, 0.25) is 0 Å². The van der Waals surface area contributed by atoms with Crippen LogP contribution in [0.3, 0.4) is 0 Å². The van der Waals surface area contributed by atoms with Crippen LogP contribution >= 0.6 is 0 Å². The summed E-state index contributed by atoms with van der Waals surface area (Å²) in [5, 5.41) is 12.5. The van der Waals surface area contributed by atoms with Gasteiger partial charge in [-0.15, -0.1) is 0 Å². The predicted octanol–water partition coefficient (Wildman–Crippen LogP) is 3.18. The second-order valence-corrected chi connectivity index (χ2v) is 11.9. The van der Waals surface area contributed by atoms with Gasteiger partial charge in [-0.05, 0) is 41.9 Å². The van der Waals surface area contributed by atoms with Gasteiger partial charge in [0.2, 0.25) is 12.7 Å². The summed E-state index contributed by atoms with van der Waals surface area (Å²) in [6.07, 6.45) is 1.91. The number of rotatable bonds is 1. The summed E-state index contributed by atoms with van der Waals surface area (Å²) in [6, 6.07) is -0.310. The summed E-state index contributed by atoms with van der Waals surface area (Å²) in [7, 11) is 0. The molecule has 0 aliphatic carbocycles. The van der Waals surface area contributed by atoms with Crippen molar-refractivity contribution in [1.82, 2.24) is 15.1 Å². The molecule has 4 aliphatic heterocycles. The van der Waals surface area contributed by atoms with Crippen molar-refractivity contribution in [2.75, 3.05) is 19.9 Å². The molecule has 218 valence electrons. The van der Waals surface area contributed by atoms with Crippen LogP contribution in [0.25, 0.3) is 0 Å². The van der Waals surface area contributed by atoms with Gasteiger partial charge in [-0.2, -0.15) is 0 Å². The minimum atomic E-state index is -1.20. The number of carboxylic acid groups (broad SMARTS) is 1. The number of benzene rings is 1. The first kappa shape index (κ1) is 27.9. The van der Waals surface area contributed by atoms with Crippen molar-refractivity contribution in [2.24, 2.45) is 5.41 Å². The molecule has 3 atom stereocenters. The third kappa shape index (κ3) is 5.62. The standard InChI is InChI=1S/C28H37N3O9/c1-28(2,3)23-24(32)31-13-17(11-20(31)25(33)34)40-27(36)30-12-16-10-21-22(39-15-38-21)18(19(16)14-30)8-6-4-5-7-9-37-26(35)29-23/h10,17,20,23H,4-9,11-15H2,1-3H3,(H,29,35)(H,33,34)/t17-,20?,23-/m1/s1. The first-order chi connectivity index (χ1) is 19.0. The molecule has 12 nitrogen and oxygen atoms in total. The van der Waals surface area contributed by atoms with Gasteiger partial charge in [-0.25, -0.2) is 14.4 Å². The minimum Gasteiger partial charge on any atom is -0.480 e. The lowest BCUT2D eigenvalue weighted by molar-refractivity contribution is -0.150. The zero-order chi connectivity index (χ0) is 28.6. The quantitative estimate of drug-likeness (QED) is 0.530. The van der Waals surface area contributed by atoms with Gasteiger partial charge in [-0.1, -0.05) is 33.6 Å².